The Hall–Kier alpha value is -0.0800. The maximum atomic E-state index is 5.14. The highest BCUT2D eigenvalue weighted by atomic mass is 16.5. The highest BCUT2D eigenvalue weighted by Crippen LogP contribution is 2.30. The number of rotatable bonds is 0. The predicted molar refractivity (Wildman–Crippen MR) is 37.5 cm³/mol. The summed E-state index contributed by atoms with van der Waals surface area (Å²) in [5.41, 5.74) is 0. The van der Waals surface area contributed by atoms with Crippen LogP contribution in [0.3, 0.4) is 0 Å². The summed E-state index contributed by atoms with van der Waals surface area (Å²) in [4.78, 5) is 2.35. The van der Waals surface area contributed by atoms with Crippen molar-refractivity contribution in [3.05, 3.63) is 0 Å². The standard InChI is InChI=1S/C5H9NO.C2H6/c1-6-4-2-7-3-5(4)6;1-2/h4-5H,2-3H2,1H3;1-2H3. The Kier molecular flexibility index (Phi) is 2.09. The molecule has 0 amide bonds. The van der Waals surface area contributed by atoms with Gasteiger partial charge in [-0.2, -0.15) is 0 Å². The molecule has 0 aromatic rings. The molecule has 2 heterocycles. The fraction of sp³-hybridized carbons (Fsp3) is 1.00. The van der Waals surface area contributed by atoms with E-state index in [1.54, 1.807) is 0 Å². The monoisotopic (exact) mass is 129 g/mol. The van der Waals surface area contributed by atoms with Crippen LogP contribution in [0.15, 0.2) is 0 Å². The number of ether oxygens (including phenoxy) is 1. The number of morpholine rings is 1. The van der Waals surface area contributed by atoms with Gasteiger partial charge >= 0.3 is 0 Å². The first kappa shape index (κ1) is 7.03. The van der Waals surface area contributed by atoms with Crippen molar-refractivity contribution >= 4 is 0 Å². The molecule has 0 saturated carbocycles. The van der Waals surface area contributed by atoms with Crippen molar-refractivity contribution in [1.29, 1.82) is 0 Å². The van der Waals surface area contributed by atoms with Crippen LogP contribution < -0.4 is 0 Å². The summed E-state index contributed by atoms with van der Waals surface area (Å²) in [6.45, 7) is 5.95. The van der Waals surface area contributed by atoms with E-state index >= 15 is 0 Å². The molecule has 2 rings (SSSR count). The first-order valence-corrected chi connectivity index (χ1v) is 3.69. The van der Waals surface area contributed by atoms with Crippen molar-refractivity contribution in [2.24, 2.45) is 0 Å². The van der Waals surface area contributed by atoms with Gasteiger partial charge in [-0.05, 0) is 7.05 Å². The van der Waals surface area contributed by atoms with Gasteiger partial charge in [-0.25, -0.2) is 0 Å². The number of nitrogens with zero attached hydrogens (tertiary/aromatic N) is 1. The normalized spacial score (nSPS) is 45.0. The van der Waals surface area contributed by atoms with E-state index in [1.165, 1.54) is 0 Å². The van der Waals surface area contributed by atoms with Gasteiger partial charge in [0.05, 0.1) is 25.3 Å². The van der Waals surface area contributed by atoms with Crippen LogP contribution in [0, 0.1) is 0 Å². The summed E-state index contributed by atoms with van der Waals surface area (Å²) in [5, 5.41) is 0. The van der Waals surface area contributed by atoms with Crippen molar-refractivity contribution in [3.63, 3.8) is 0 Å². The highest BCUT2D eigenvalue weighted by Gasteiger charge is 2.48. The van der Waals surface area contributed by atoms with Gasteiger partial charge in [0, 0.05) is 0 Å². The van der Waals surface area contributed by atoms with Gasteiger partial charge in [-0.3, -0.25) is 4.90 Å². The van der Waals surface area contributed by atoms with Crippen molar-refractivity contribution in [1.82, 2.24) is 4.90 Å². The van der Waals surface area contributed by atoms with Gasteiger partial charge in [-0.15, -0.1) is 0 Å². The number of hydrogen-bond donors (Lipinski definition) is 0. The molecule has 0 aromatic carbocycles. The van der Waals surface area contributed by atoms with Gasteiger partial charge in [0.15, 0.2) is 0 Å². The lowest BCUT2D eigenvalue weighted by Gasteiger charge is -1.97. The average molecular weight is 129 g/mol. The van der Waals surface area contributed by atoms with E-state index in [4.69, 9.17) is 4.74 Å². The van der Waals surface area contributed by atoms with E-state index in [2.05, 4.69) is 11.9 Å². The molecule has 0 bridgehead atoms. The number of fused-ring (bicyclic) bond motifs is 1. The van der Waals surface area contributed by atoms with E-state index in [0.29, 0.717) is 0 Å². The van der Waals surface area contributed by atoms with Gasteiger partial charge in [-0.1, -0.05) is 13.8 Å². The van der Waals surface area contributed by atoms with Gasteiger partial charge in [0.2, 0.25) is 0 Å². The number of likely N-dealkylation sites (N-methyl/N-ethyl adjacent to an activating group) is 1. The van der Waals surface area contributed by atoms with E-state index < -0.39 is 0 Å². The van der Waals surface area contributed by atoms with Crippen LogP contribution in [0.25, 0.3) is 0 Å². The second-order valence-corrected chi connectivity index (χ2v) is 2.34. The molecular weight excluding hydrogens is 114 g/mol. The molecule has 2 nitrogen and oxygen atoms in total. The van der Waals surface area contributed by atoms with Gasteiger partial charge in [0.1, 0.15) is 0 Å². The Morgan fingerprint density at radius 3 is 1.89 bits per heavy atom. The zero-order valence-corrected chi connectivity index (χ0v) is 6.42. The molecule has 9 heavy (non-hydrogen) atoms. The Morgan fingerprint density at radius 1 is 1.22 bits per heavy atom. The average Bonchev–Trinajstić information content (AvgIpc) is 2.36. The lowest BCUT2D eigenvalue weighted by Crippen LogP contribution is -2.06. The van der Waals surface area contributed by atoms with E-state index in [1.807, 2.05) is 13.8 Å². The minimum atomic E-state index is 0.792. The molecule has 2 unspecified atom stereocenters. The van der Waals surface area contributed by atoms with E-state index in [-0.39, 0.29) is 0 Å². The Bertz CT molecular complexity index is 84.9. The molecule has 2 atom stereocenters. The fourth-order valence-electron chi connectivity index (χ4n) is 1.24. The van der Waals surface area contributed by atoms with Gasteiger partial charge < -0.3 is 4.74 Å². The summed E-state index contributed by atoms with van der Waals surface area (Å²) < 4.78 is 5.14. The van der Waals surface area contributed by atoms with Crippen LogP contribution in [-0.2, 0) is 4.74 Å². The zero-order valence-electron chi connectivity index (χ0n) is 6.42. The van der Waals surface area contributed by atoms with E-state index in [0.717, 1.165) is 25.3 Å². The molecule has 2 aliphatic heterocycles. The molecule has 0 N–H and O–H groups in total. The van der Waals surface area contributed by atoms with Crippen molar-refractivity contribution in [2.75, 3.05) is 20.3 Å². The lowest BCUT2D eigenvalue weighted by atomic mass is 10.4. The second-order valence-electron chi connectivity index (χ2n) is 2.34. The lowest BCUT2D eigenvalue weighted by molar-refractivity contribution is 0.144. The minimum Gasteiger partial charge on any atom is -0.378 e. The SMILES string of the molecule is CC.CN1C2COCC21. The maximum absolute atomic E-state index is 5.14. The van der Waals surface area contributed by atoms with Crippen molar-refractivity contribution in [2.45, 2.75) is 25.9 Å². The Balaban J connectivity index is 0.000000186. The molecule has 0 aliphatic carbocycles. The zero-order chi connectivity index (χ0) is 6.85. The van der Waals surface area contributed by atoms with Crippen LogP contribution in [0.4, 0.5) is 0 Å². The van der Waals surface area contributed by atoms with Crippen LogP contribution in [-0.4, -0.2) is 37.2 Å². The first-order chi connectivity index (χ1) is 4.39. The summed E-state index contributed by atoms with van der Waals surface area (Å²) in [6, 6.07) is 1.58. The largest absolute Gasteiger partial charge is 0.378 e. The minimum absolute atomic E-state index is 0.792. The molecule has 2 fully saturated rings. The van der Waals surface area contributed by atoms with Crippen molar-refractivity contribution in [3.8, 4) is 0 Å². The fourth-order valence-corrected chi connectivity index (χ4v) is 1.24. The summed E-state index contributed by atoms with van der Waals surface area (Å²) in [7, 11) is 2.15. The van der Waals surface area contributed by atoms with Crippen LogP contribution in [0.2, 0.25) is 0 Å². The molecule has 0 spiro atoms. The quantitative estimate of drug-likeness (QED) is 0.447. The number of hydrogen-bond acceptors (Lipinski definition) is 2. The Labute approximate surface area is 56.8 Å². The molecule has 0 radical (unpaired) electrons. The maximum Gasteiger partial charge on any atom is 0.0638 e. The summed E-state index contributed by atoms with van der Waals surface area (Å²) in [5.74, 6) is 0. The molecule has 2 aliphatic rings. The third-order valence-electron chi connectivity index (χ3n) is 1.98. The van der Waals surface area contributed by atoms with Crippen LogP contribution in [0.5, 0.6) is 0 Å². The molecule has 0 aromatic heterocycles. The molecule has 2 saturated heterocycles. The van der Waals surface area contributed by atoms with Crippen LogP contribution >= 0.6 is 0 Å². The summed E-state index contributed by atoms with van der Waals surface area (Å²) in [6.07, 6.45) is 0. The van der Waals surface area contributed by atoms with Crippen LogP contribution in [0.1, 0.15) is 13.8 Å². The van der Waals surface area contributed by atoms with Crippen molar-refractivity contribution < 1.29 is 4.74 Å². The highest BCUT2D eigenvalue weighted by molar-refractivity contribution is 5.03. The van der Waals surface area contributed by atoms with E-state index in [9.17, 15) is 0 Å². The molecular formula is C7H15NO. The van der Waals surface area contributed by atoms with Gasteiger partial charge in [0.25, 0.3) is 0 Å². The predicted octanol–water partition coefficient (Wildman–Crippen LogP) is 0.725. The third kappa shape index (κ3) is 1.10. The first-order valence-electron chi connectivity index (χ1n) is 3.69. The third-order valence-corrected chi connectivity index (χ3v) is 1.98. The summed E-state index contributed by atoms with van der Waals surface area (Å²) >= 11 is 0. The second kappa shape index (κ2) is 2.67. The topological polar surface area (TPSA) is 12.2 Å². The molecule has 2 heteroatoms. The smallest absolute Gasteiger partial charge is 0.0638 e. The Morgan fingerprint density at radius 2 is 1.67 bits per heavy atom. The molecule has 54 valence electrons.